The van der Waals surface area contributed by atoms with E-state index in [2.05, 4.69) is 17.5 Å². The van der Waals surface area contributed by atoms with E-state index in [1.54, 1.807) is 11.3 Å². The molecular formula is C16H20N2OS. The molecule has 1 aromatic carbocycles. The second-order valence-corrected chi connectivity index (χ2v) is 6.22. The Morgan fingerprint density at radius 1 is 1.25 bits per heavy atom. The molecule has 2 aromatic rings. The SMILES string of the molecule is CCOc1ccc(-c2csc(C3(N)CCCC3)n2)cc1. The molecule has 1 heterocycles. The molecule has 1 saturated carbocycles. The highest BCUT2D eigenvalue weighted by Gasteiger charge is 2.34. The largest absolute Gasteiger partial charge is 0.494 e. The van der Waals surface area contributed by atoms with Gasteiger partial charge >= 0.3 is 0 Å². The fourth-order valence-corrected chi connectivity index (χ4v) is 3.75. The number of thiazole rings is 1. The summed E-state index contributed by atoms with van der Waals surface area (Å²) >= 11 is 1.69. The van der Waals surface area contributed by atoms with Gasteiger partial charge in [-0.1, -0.05) is 12.8 Å². The van der Waals surface area contributed by atoms with Gasteiger partial charge in [0.1, 0.15) is 10.8 Å². The molecule has 1 fully saturated rings. The molecule has 1 aliphatic carbocycles. The minimum absolute atomic E-state index is 0.186. The Morgan fingerprint density at radius 3 is 2.60 bits per heavy atom. The van der Waals surface area contributed by atoms with Crippen LogP contribution in [-0.4, -0.2) is 11.6 Å². The van der Waals surface area contributed by atoms with Crippen LogP contribution in [0, 0.1) is 0 Å². The maximum Gasteiger partial charge on any atom is 0.119 e. The lowest BCUT2D eigenvalue weighted by molar-refractivity contribution is 0.340. The van der Waals surface area contributed by atoms with E-state index in [9.17, 15) is 0 Å². The summed E-state index contributed by atoms with van der Waals surface area (Å²) in [5, 5.41) is 3.19. The van der Waals surface area contributed by atoms with Crippen molar-refractivity contribution in [1.29, 1.82) is 0 Å². The maximum atomic E-state index is 6.46. The highest BCUT2D eigenvalue weighted by molar-refractivity contribution is 7.10. The second kappa shape index (κ2) is 5.54. The summed E-state index contributed by atoms with van der Waals surface area (Å²) in [6.07, 6.45) is 4.55. The summed E-state index contributed by atoms with van der Waals surface area (Å²) in [7, 11) is 0. The van der Waals surface area contributed by atoms with Crippen LogP contribution < -0.4 is 10.5 Å². The molecule has 4 heteroatoms. The van der Waals surface area contributed by atoms with Crippen LogP contribution in [0.5, 0.6) is 5.75 Å². The van der Waals surface area contributed by atoms with Gasteiger partial charge in [-0.05, 0) is 44.0 Å². The van der Waals surface area contributed by atoms with E-state index in [1.165, 1.54) is 12.8 Å². The molecule has 20 heavy (non-hydrogen) atoms. The number of ether oxygens (including phenoxy) is 1. The van der Waals surface area contributed by atoms with Crippen LogP contribution in [0.1, 0.15) is 37.6 Å². The fraction of sp³-hybridized carbons (Fsp3) is 0.438. The van der Waals surface area contributed by atoms with Gasteiger partial charge in [-0.3, -0.25) is 0 Å². The van der Waals surface area contributed by atoms with E-state index in [1.807, 2.05) is 19.1 Å². The van der Waals surface area contributed by atoms with Crippen molar-refractivity contribution in [1.82, 2.24) is 4.98 Å². The Hall–Kier alpha value is -1.39. The summed E-state index contributed by atoms with van der Waals surface area (Å²) in [5.74, 6) is 0.901. The Labute approximate surface area is 123 Å². The van der Waals surface area contributed by atoms with Gasteiger partial charge in [-0.2, -0.15) is 0 Å². The summed E-state index contributed by atoms with van der Waals surface area (Å²) in [5.41, 5.74) is 8.42. The van der Waals surface area contributed by atoms with Crippen LogP contribution in [-0.2, 0) is 5.54 Å². The van der Waals surface area contributed by atoms with Gasteiger partial charge < -0.3 is 10.5 Å². The third-order valence-corrected chi connectivity index (χ3v) is 4.95. The average Bonchev–Trinajstić information content (AvgIpc) is 3.10. The third kappa shape index (κ3) is 2.58. The van der Waals surface area contributed by atoms with E-state index in [0.29, 0.717) is 6.61 Å². The van der Waals surface area contributed by atoms with Crippen LogP contribution in [0.2, 0.25) is 0 Å². The molecule has 0 unspecified atom stereocenters. The first-order valence-corrected chi connectivity index (χ1v) is 8.07. The quantitative estimate of drug-likeness (QED) is 0.927. The maximum absolute atomic E-state index is 6.46. The third-order valence-electron chi connectivity index (χ3n) is 3.89. The minimum atomic E-state index is -0.186. The molecule has 0 spiro atoms. The van der Waals surface area contributed by atoms with Crippen LogP contribution >= 0.6 is 11.3 Å². The van der Waals surface area contributed by atoms with Crippen LogP contribution in [0.25, 0.3) is 11.3 Å². The van der Waals surface area contributed by atoms with Crippen LogP contribution in [0.15, 0.2) is 29.6 Å². The summed E-state index contributed by atoms with van der Waals surface area (Å²) in [6.45, 7) is 2.68. The van der Waals surface area contributed by atoms with Crippen molar-refractivity contribution in [3.63, 3.8) is 0 Å². The molecular weight excluding hydrogens is 268 g/mol. The zero-order valence-electron chi connectivity index (χ0n) is 11.8. The summed E-state index contributed by atoms with van der Waals surface area (Å²) in [6, 6.07) is 8.10. The second-order valence-electron chi connectivity index (χ2n) is 5.36. The highest BCUT2D eigenvalue weighted by Crippen LogP contribution is 2.39. The molecule has 1 aromatic heterocycles. The van der Waals surface area contributed by atoms with Gasteiger partial charge in [-0.15, -0.1) is 11.3 Å². The molecule has 0 amide bonds. The van der Waals surface area contributed by atoms with Crippen molar-refractivity contribution in [3.05, 3.63) is 34.7 Å². The molecule has 106 valence electrons. The number of hydrogen-bond acceptors (Lipinski definition) is 4. The van der Waals surface area contributed by atoms with E-state index in [4.69, 9.17) is 15.5 Å². The van der Waals surface area contributed by atoms with Gasteiger partial charge in [-0.25, -0.2) is 4.98 Å². The van der Waals surface area contributed by atoms with E-state index in [0.717, 1.165) is 34.9 Å². The number of rotatable bonds is 4. The highest BCUT2D eigenvalue weighted by atomic mass is 32.1. The lowest BCUT2D eigenvalue weighted by Crippen LogP contribution is -2.32. The number of nitrogens with zero attached hydrogens (tertiary/aromatic N) is 1. The van der Waals surface area contributed by atoms with Gasteiger partial charge in [0.05, 0.1) is 17.8 Å². The molecule has 0 bridgehead atoms. The first kappa shape index (κ1) is 13.6. The van der Waals surface area contributed by atoms with Gasteiger partial charge in [0.2, 0.25) is 0 Å². The number of nitrogens with two attached hydrogens (primary N) is 1. The number of benzene rings is 1. The molecule has 3 nitrogen and oxygen atoms in total. The van der Waals surface area contributed by atoms with Crippen molar-refractivity contribution in [2.45, 2.75) is 38.1 Å². The predicted octanol–water partition coefficient (Wildman–Crippen LogP) is 3.94. The van der Waals surface area contributed by atoms with E-state index >= 15 is 0 Å². The van der Waals surface area contributed by atoms with Gasteiger partial charge in [0.15, 0.2) is 0 Å². The van der Waals surface area contributed by atoms with Crippen molar-refractivity contribution >= 4 is 11.3 Å². The van der Waals surface area contributed by atoms with E-state index in [-0.39, 0.29) is 5.54 Å². The van der Waals surface area contributed by atoms with E-state index < -0.39 is 0 Å². The summed E-state index contributed by atoms with van der Waals surface area (Å²) in [4.78, 5) is 4.76. The molecule has 0 atom stereocenters. The van der Waals surface area contributed by atoms with Crippen LogP contribution in [0.3, 0.4) is 0 Å². The first-order chi connectivity index (χ1) is 9.71. The van der Waals surface area contributed by atoms with Gasteiger partial charge in [0.25, 0.3) is 0 Å². The molecule has 0 radical (unpaired) electrons. The monoisotopic (exact) mass is 288 g/mol. The average molecular weight is 288 g/mol. The van der Waals surface area contributed by atoms with Crippen LogP contribution in [0.4, 0.5) is 0 Å². The van der Waals surface area contributed by atoms with Gasteiger partial charge in [0, 0.05) is 10.9 Å². The predicted molar refractivity (Wildman–Crippen MR) is 83.1 cm³/mol. The lowest BCUT2D eigenvalue weighted by atomic mass is 10.0. The topological polar surface area (TPSA) is 48.1 Å². The fourth-order valence-electron chi connectivity index (χ4n) is 2.74. The lowest BCUT2D eigenvalue weighted by Gasteiger charge is -2.19. The molecule has 0 saturated heterocycles. The Morgan fingerprint density at radius 2 is 1.95 bits per heavy atom. The molecule has 3 rings (SSSR count). The minimum Gasteiger partial charge on any atom is -0.494 e. The van der Waals surface area contributed by atoms with Crippen molar-refractivity contribution < 1.29 is 4.74 Å². The standard InChI is InChI=1S/C16H20N2OS/c1-2-19-13-7-5-12(6-8-13)14-11-20-15(18-14)16(17)9-3-4-10-16/h5-8,11H,2-4,9-10,17H2,1H3. The van der Waals surface area contributed by atoms with Crippen molar-refractivity contribution in [3.8, 4) is 17.0 Å². The molecule has 0 aliphatic heterocycles. The van der Waals surface area contributed by atoms with Crippen molar-refractivity contribution in [2.75, 3.05) is 6.61 Å². The Bertz CT molecular complexity index is 570. The molecule has 1 aliphatic rings. The Kier molecular flexibility index (Phi) is 3.76. The number of hydrogen-bond donors (Lipinski definition) is 1. The first-order valence-electron chi connectivity index (χ1n) is 7.19. The zero-order chi connectivity index (χ0) is 14.0. The molecule has 2 N–H and O–H groups in total. The summed E-state index contributed by atoms with van der Waals surface area (Å²) < 4.78 is 5.46. The number of aromatic nitrogens is 1. The smallest absolute Gasteiger partial charge is 0.119 e. The Balaban J connectivity index is 1.82. The normalized spacial score (nSPS) is 17.3. The van der Waals surface area contributed by atoms with Crippen molar-refractivity contribution in [2.24, 2.45) is 5.73 Å². The zero-order valence-corrected chi connectivity index (χ0v) is 12.6.